The highest BCUT2D eigenvalue weighted by atomic mass is 32.1. The van der Waals surface area contributed by atoms with Gasteiger partial charge in [-0.2, -0.15) is 12.6 Å². The molecule has 18 heavy (non-hydrogen) atoms. The monoisotopic (exact) mass is 266 g/mol. The van der Waals surface area contributed by atoms with Crippen LogP contribution in [-0.4, -0.2) is 12.4 Å². The van der Waals surface area contributed by atoms with Gasteiger partial charge < -0.3 is 4.74 Å². The van der Waals surface area contributed by atoms with E-state index in [4.69, 9.17) is 4.74 Å². The Morgan fingerprint density at radius 2 is 1.83 bits per heavy atom. The molecule has 1 aromatic carbocycles. The van der Waals surface area contributed by atoms with Crippen LogP contribution in [0.5, 0.6) is 5.75 Å². The molecule has 0 aliphatic heterocycles. The zero-order chi connectivity index (χ0) is 13.4. The number of ether oxygens (including phenoxy) is 1. The number of hydrogen-bond donors (Lipinski definition) is 1. The molecule has 1 nitrogen and oxygen atoms in total. The molecule has 102 valence electrons. The number of benzene rings is 1. The molecule has 0 heterocycles. The average Bonchev–Trinajstić information content (AvgIpc) is 2.35. The zero-order valence-electron chi connectivity index (χ0n) is 11.9. The summed E-state index contributed by atoms with van der Waals surface area (Å²) in [5.74, 6) is 2.61. The number of thiol groups is 1. The van der Waals surface area contributed by atoms with Crippen LogP contribution in [0.1, 0.15) is 56.6 Å². The number of unbranched alkanes of at least 4 members (excludes halogenated alkanes) is 3. The first kappa shape index (κ1) is 15.4. The lowest BCUT2D eigenvalue weighted by molar-refractivity contribution is 0.303. The Bertz CT molecular complexity index is 347. The molecule has 0 amide bonds. The molecule has 0 bridgehead atoms. The summed E-state index contributed by atoms with van der Waals surface area (Å²) in [6.07, 6.45) is 4.85. The maximum absolute atomic E-state index is 5.89. The summed E-state index contributed by atoms with van der Waals surface area (Å²) >= 11 is 4.22. The zero-order valence-corrected chi connectivity index (χ0v) is 12.8. The molecule has 0 unspecified atom stereocenters. The van der Waals surface area contributed by atoms with E-state index in [9.17, 15) is 0 Å². The van der Waals surface area contributed by atoms with Gasteiger partial charge in [-0.25, -0.2) is 0 Å². The van der Waals surface area contributed by atoms with Crippen LogP contribution in [0.25, 0.3) is 0 Å². The molecule has 0 aromatic heterocycles. The number of hydrogen-bond acceptors (Lipinski definition) is 2. The fraction of sp³-hybridized carbons (Fsp3) is 0.625. The Hall–Kier alpha value is -0.630. The third-order valence-electron chi connectivity index (χ3n) is 3.19. The molecule has 0 saturated heterocycles. The normalized spacial score (nSPS) is 10.9. The predicted molar refractivity (Wildman–Crippen MR) is 83.1 cm³/mol. The summed E-state index contributed by atoms with van der Waals surface area (Å²) in [6.45, 7) is 7.37. The molecule has 1 aromatic rings. The van der Waals surface area contributed by atoms with Crippen molar-refractivity contribution in [3.8, 4) is 5.75 Å². The van der Waals surface area contributed by atoms with Crippen molar-refractivity contribution in [1.82, 2.24) is 0 Å². The minimum Gasteiger partial charge on any atom is -0.493 e. The number of rotatable bonds is 8. The third-order valence-corrected chi connectivity index (χ3v) is 3.51. The van der Waals surface area contributed by atoms with Gasteiger partial charge in [-0.05, 0) is 48.6 Å². The van der Waals surface area contributed by atoms with Gasteiger partial charge in [-0.3, -0.25) is 0 Å². The molecule has 0 N–H and O–H groups in total. The van der Waals surface area contributed by atoms with E-state index in [2.05, 4.69) is 51.6 Å². The Morgan fingerprint density at radius 1 is 1.11 bits per heavy atom. The maximum Gasteiger partial charge on any atom is 0.122 e. The molecular formula is C16H26OS. The van der Waals surface area contributed by atoms with E-state index in [0.29, 0.717) is 5.92 Å². The van der Waals surface area contributed by atoms with Crippen LogP contribution < -0.4 is 4.74 Å². The van der Waals surface area contributed by atoms with E-state index in [1.807, 2.05) is 0 Å². The molecule has 0 spiro atoms. The summed E-state index contributed by atoms with van der Waals surface area (Å²) in [7, 11) is 0. The van der Waals surface area contributed by atoms with E-state index in [-0.39, 0.29) is 0 Å². The molecule has 2 heteroatoms. The maximum atomic E-state index is 5.89. The molecule has 0 fully saturated rings. The second kappa shape index (κ2) is 8.47. The summed E-state index contributed by atoms with van der Waals surface area (Å²) in [6, 6.07) is 6.54. The third kappa shape index (κ3) is 5.34. The van der Waals surface area contributed by atoms with E-state index in [1.54, 1.807) is 0 Å². The lowest BCUT2D eigenvalue weighted by atomic mass is 10.0. The first-order valence-electron chi connectivity index (χ1n) is 6.99. The quantitative estimate of drug-likeness (QED) is 0.515. The van der Waals surface area contributed by atoms with Crippen molar-refractivity contribution in [3.63, 3.8) is 0 Å². The minimum absolute atomic E-state index is 0.559. The van der Waals surface area contributed by atoms with Gasteiger partial charge in [0.2, 0.25) is 0 Å². The van der Waals surface area contributed by atoms with Gasteiger partial charge in [0.15, 0.2) is 0 Å². The van der Waals surface area contributed by atoms with Crippen LogP contribution in [-0.2, 0) is 0 Å². The van der Waals surface area contributed by atoms with E-state index < -0.39 is 0 Å². The standard InChI is InChI=1S/C16H26OS/c1-13(2)15-9-8-14(3)16(12-15)17-10-6-4-5-7-11-18/h8-9,12-13,18H,4-7,10-11H2,1-3H3. The predicted octanol–water partition coefficient (Wildman–Crippen LogP) is 4.99. The summed E-state index contributed by atoms with van der Waals surface area (Å²) in [4.78, 5) is 0. The van der Waals surface area contributed by atoms with Crippen LogP contribution >= 0.6 is 12.6 Å². The second-order valence-electron chi connectivity index (χ2n) is 5.17. The van der Waals surface area contributed by atoms with Crippen molar-refractivity contribution in [2.75, 3.05) is 12.4 Å². The van der Waals surface area contributed by atoms with Crippen molar-refractivity contribution in [2.24, 2.45) is 0 Å². The summed E-state index contributed by atoms with van der Waals surface area (Å²) in [5, 5.41) is 0. The van der Waals surface area contributed by atoms with E-state index >= 15 is 0 Å². The van der Waals surface area contributed by atoms with Crippen molar-refractivity contribution in [1.29, 1.82) is 0 Å². The first-order chi connectivity index (χ1) is 8.65. The second-order valence-corrected chi connectivity index (χ2v) is 5.61. The average molecular weight is 266 g/mol. The highest BCUT2D eigenvalue weighted by Crippen LogP contribution is 2.24. The molecule has 0 atom stereocenters. The Balaban J connectivity index is 2.39. The largest absolute Gasteiger partial charge is 0.493 e. The summed E-state index contributed by atoms with van der Waals surface area (Å²) in [5.41, 5.74) is 2.58. The Kier molecular flexibility index (Phi) is 7.26. The summed E-state index contributed by atoms with van der Waals surface area (Å²) < 4.78 is 5.89. The van der Waals surface area contributed by atoms with Gasteiger partial charge >= 0.3 is 0 Å². The van der Waals surface area contributed by atoms with Crippen LogP contribution in [0.15, 0.2) is 18.2 Å². The van der Waals surface area contributed by atoms with Gasteiger partial charge in [-0.1, -0.05) is 38.8 Å². The van der Waals surface area contributed by atoms with Crippen LogP contribution in [0.3, 0.4) is 0 Å². The van der Waals surface area contributed by atoms with E-state index in [0.717, 1.165) is 24.5 Å². The first-order valence-corrected chi connectivity index (χ1v) is 7.62. The molecule has 0 radical (unpaired) electrons. The molecule has 0 saturated carbocycles. The van der Waals surface area contributed by atoms with Crippen molar-refractivity contribution >= 4 is 12.6 Å². The van der Waals surface area contributed by atoms with Gasteiger partial charge in [-0.15, -0.1) is 0 Å². The molecule has 0 aliphatic rings. The molecule has 1 rings (SSSR count). The van der Waals surface area contributed by atoms with Crippen LogP contribution in [0.2, 0.25) is 0 Å². The number of aryl methyl sites for hydroxylation is 1. The SMILES string of the molecule is Cc1ccc(C(C)C)cc1OCCCCCCS. The van der Waals surface area contributed by atoms with E-state index in [1.165, 1.54) is 30.4 Å². The highest BCUT2D eigenvalue weighted by Gasteiger charge is 2.04. The van der Waals surface area contributed by atoms with Crippen LogP contribution in [0, 0.1) is 6.92 Å². The van der Waals surface area contributed by atoms with Gasteiger partial charge in [0.25, 0.3) is 0 Å². The van der Waals surface area contributed by atoms with Gasteiger partial charge in [0.05, 0.1) is 6.61 Å². The fourth-order valence-corrected chi connectivity index (χ4v) is 2.10. The van der Waals surface area contributed by atoms with Crippen molar-refractivity contribution < 1.29 is 4.74 Å². The fourth-order valence-electron chi connectivity index (χ4n) is 1.88. The van der Waals surface area contributed by atoms with Gasteiger partial charge in [0, 0.05) is 0 Å². The van der Waals surface area contributed by atoms with Crippen molar-refractivity contribution in [2.45, 2.75) is 52.4 Å². The molecular weight excluding hydrogens is 240 g/mol. The Morgan fingerprint density at radius 3 is 2.50 bits per heavy atom. The minimum atomic E-state index is 0.559. The lowest BCUT2D eigenvalue weighted by Crippen LogP contribution is -2.00. The molecule has 0 aliphatic carbocycles. The topological polar surface area (TPSA) is 9.23 Å². The van der Waals surface area contributed by atoms with Crippen LogP contribution in [0.4, 0.5) is 0 Å². The Labute approximate surface area is 117 Å². The smallest absolute Gasteiger partial charge is 0.122 e. The van der Waals surface area contributed by atoms with Crippen molar-refractivity contribution in [3.05, 3.63) is 29.3 Å². The highest BCUT2D eigenvalue weighted by molar-refractivity contribution is 7.80. The van der Waals surface area contributed by atoms with Gasteiger partial charge in [0.1, 0.15) is 5.75 Å². The lowest BCUT2D eigenvalue weighted by Gasteiger charge is -2.12.